The fourth-order valence-electron chi connectivity index (χ4n) is 3.20. The predicted octanol–water partition coefficient (Wildman–Crippen LogP) is 4.66. The molecule has 0 aromatic heterocycles. The van der Waals surface area contributed by atoms with Crippen molar-refractivity contribution in [3.8, 4) is 11.5 Å². The van der Waals surface area contributed by atoms with E-state index in [0.717, 1.165) is 17.5 Å². The van der Waals surface area contributed by atoms with Crippen molar-refractivity contribution in [1.82, 2.24) is 0 Å². The van der Waals surface area contributed by atoms with Gasteiger partial charge >= 0.3 is 5.97 Å². The van der Waals surface area contributed by atoms with Crippen LogP contribution in [0.25, 0.3) is 6.08 Å². The molecule has 0 aliphatic carbocycles. The Morgan fingerprint density at radius 1 is 0.933 bits per heavy atom. The molecule has 0 N–H and O–H groups in total. The lowest BCUT2D eigenvalue weighted by atomic mass is 10.0. The molecule has 150 valence electrons. The fourth-order valence-corrected chi connectivity index (χ4v) is 3.20. The molecule has 1 aliphatic heterocycles. The zero-order valence-electron chi connectivity index (χ0n) is 16.6. The van der Waals surface area contributed by atoms with Crippen molar-refractivity contribution >= 4 is 17.8 Å². The van der Waals surface area contributed by atoms with Gasteiger partial charge in [-0.1, -0.05) is 71.9 Å². The molecular formula is C25H21NO4. The highest BCUT2D eigenvalue weighted by molar-refractivity contribution is 6.31. The van der Waals surface area contributed by atoms with E-state index in [0.29, 0.717) is 29.4 Å². The molecule has 4 rings (SSSR count). The van der Waals surface area contributed by atoms with Crippen LogP contribution in [0.5, 0.6) is 11.5 Å². The molecule has 30 heavy (non-hydrogen) atoms. The number of ether oxygens (including phenoxy) is 2. The molecule has 0 saturated carbocycles. The molecule has 0 atom stereocenters. The molecule has 0 fully saturated rings. The third-order valence-corrected chi connectivity index (χ3v) is 4.73. The summed E-state index contributed by atoms with van der Waals surface area (Å²) < 4.78 is 11.4. The van der Waals surface area contributed by atoms with Gasteiger partial charge in [0.15, 0.2) is 11.5 Å². The number of hydrogen-bond acceptors (Lipinski definition) is 5. The van der Waals surface area contributed by atoms with Crippen molar-refractivity contribution in [3.63, 3.8) is 0 Å². The topological polar surface area (TPSA) is 57.1 Å². The van der Waals surface area contributed by atoms with Gasteiger partial charge in [-0.25, -0.2) is 4.79 Å². The lowest BCUT2D eigenvalue weighted by molar-refractivity contribution is -0.136. The average Bonchev–Trinajstić information content (AvgIpc) is 3.16. The number of methoxy groups -OCH3 is 1. The van der Waals surface area contributed by atoms with Gasteiger partial charge in [-0.15, -0.1) is 0 Å². The molecule has 1 heterocycles. The van der Waals surface area contributed by atoms with Crippen LogP contribution in [0, 0.1) is 0 Å². The molecule has 0 radical (unpaired) electrons. The first kappa shape index (κ1) is 19.5. The lowest BCUT2D eigenvalue weighted by Crippen LogP contribution is -2.07. The number of rotatable bonds is 7. The van der Waals surface area contributed by atoms with E-state index < -0.39 is 5.97 Å². The van der Waals surface area contributed by atoms with Gasteiger partial charge in [-0.3, -0.25) is 0 Å². The zero-order chi connectivity index (χ0) is 20.8. The first-order valence-corrected chi connectivity index (χ1v) is 9.66. The minimum atomic E-state index is -0.476. The second kappa shape index (κ2) is 9.09. The SMILES string of the molecule is COc1cc(/C=C2\C(=O)ON=C2c2ccccc2)ccc1OCCc1ccccc1. The number of oxime groups is 1. The van der Waals surface area contributed by atoms with Gasteiger partial charge in [-0.2, -0.15) is 0 Å². The largest absolute Gasteiger partial charge is 0.493 e. The van der Waals surface area contributed by atoms with Gasteiger partial charge in [0.25, 0.3) is 0 Å². The van der Waals surface area contributed by atoms with Crippen LogP contribution in [-0.4, -0.2) is 25.4 Å². The van der Waals surface area contributed by atoms with Crippen molar-refractivity contribution in [1.29, 1.82) is 0 Å². The predicted molar refractivity (Wildman–Crippen MR) is 116 cm³/mol. The smallest absolute Gasteiger partial charge is 0.368 e. The van der Waals surface area contributed by atoms with Crippen LogP contribution < -0.4 is 9.47 Å². The van der Waals surface area contributed by atoms with Crippen LogP contribution in [-0.2, 0) is 16.1 Å². The average molecular weight is 399 g/mol. The summed E-state index contributed by atoms with van der Waals surface area (Å²) in [6.07, 6.45) is 2.55. The highest BCUT2D eigenvalue weighted by Crippen LogP contribution is 2.30. The minimum absolute atomic E-state index is 0.404. The molecule has 0 unspecified atom stereocenters. The molecule has 5 heteroatoms. The Labute approximate surface area is 175 Å². The highest BCUT2D eigenvalue weighted by atomic mass is 16.7. The quantitative estimate of drug-likeness (QED) is 0.428. The first-order valence-electron chi connectivity index (χ1n) is 9.66. The van der Waals surface area contributed by atoms with Crippen LogP contribution in [0.15, 0.2) is 89.6 Å². The summed E-state index contributed by atoms with van der Waals surface area (Å²) in [5.41, 5.74) is 3.75. The molecule has 0 saturated heterocycles. The summed E-state index contributed by atoms with van der Waals surface area (Å²) >= 11 is 0. The van der Waals surface area contributed by atoms with E-state index in [4.69, 9.17) is 14.3 Å². The molecule has 0 spiro atoms. The Balaban J connectivity index is 1.52. The number of carbonyl (C=O) groups is 1. The molecular weight excluding hydrogens is 378 g/mol. The van der Waals surface area contributed by atoms with E-state index in [-0.39, 0.29) is 0 Å². The second-order valence-corrected chi connectivity index (χ2v) is 6.74. The summed E-state index contributed by atoms with van der Waals surface area (Å²) in [6, 6.07) is 25.2. The number of nitrogens with zero attached hydrogens (tertiary/aromatic N) is 1. The molecule has 3 aromatic carbocycles. The summed E-state index contributed by atoms with van der Waals surface area (Å²) in [5, 5.41) is 3.94. The normalized spacial score (nSPS) is 14.4. The summed E-state index contributed by atoms with van der Waals surface area (Å²) in [5.74, 6) is 0.777. The first-order chi connectivity index (χ1) is 14.7. The molecule has 5 nitrogen and oxygen atoms in total. The Kier molecular flexibility index (Phi) is 5.90. The number of benzene rings is 3. The van der Waals surface area contributed by atoms with E-state index in [1.165, 1.54) is 5.56 Å². The van der Waals surface area contributed by atoms with Crippen molar-refractivity contribution in [2.24, 2.45) is 5.16 Å². The van der Waals surface area contributed by atoms with E-state index >= 15 is 0 Å². The molecule has 0 bridgehead atoms. The Bertz CT molecular complexity index is 1090. The Morgan fingerprint density at radius 3 is 2.40 bits per heavy atom. The highest BCUT2D eigenvalue weighted by Gasteiger charge is 2.26. The maximum absolute atomic E-state index is 12.2. The number of carbonyl (C=O) groups excluding carboxylic acids is 1. The second-order valence-electron chi connectivity index (χ2n) is 6.74. The standard InChI is InChI=1S/C25H21NO4/c1-28-23-17-19(12-13-22(23)29-15-14-18-8-4-2-5-9-18)16-21-24(26-30-25(21)27)20-10-6-3-7-11-20/h2-13,16-17H,14-15H2,1H3/b21-16-. The summed E-state index contributed by atoms with van der Waals surface area (Å²) in [4.78, 5) is 17.1. The van der Waals surface area contributed by atoms with Gasteiger partial charge in [0, 0.05) is 12.0 Å². The van der Waals surface area contributed by atoms with Crippen LogP contribution >= 0.6 is 0 Å². The van der Waals surface area contributed by atoms with E-state index in [2.05, 4.69) is 17.3 Å². The zero-order valence-corrected chi connectivity index (χ0v) is 16.6. The van der Waals surface area contributed by atoms with Crippen molar-refractivity contribution in [3.05, 3.63) is 101 Å². The Hall–Kier alpha value is -3.86. The van der Waals surface area contributed by atoms with Crippen LogP contribution in [0.2, 0.25) is 0 Å². The summed E-state index contributed by atoms with van der Waals surface area (Å²) in [6.45, 7) is 0.540. The third-order valence-electron chi connectivity index (χ3n) is 4.73. The molecule has 0 amide bonds. The Morgan fingerprint density at radius 2 is 1.67 bits per heavy atom. The summed E-state index contributed by atoms with van der Waals surface area (Å²) in [7, 11) is 1.59. The molecule has 3 aromatic rings. The van der Waals surface area contributed by atoms with Crippen molar-refractivity contribution in [2.45, 2.75) is 6.42 Å². The van der Waals surface area contributed by atoms with Gasteiger partial charge < -0.3 is 14.3 Å². The van der Waals surface area contributed by atoms with Gasteiger partial charge in [-0.05, 0) is 29.3 Å². The monoisotopic (exact) mass is 399 g/mol. The maximum atomic E-state index is 12.2. The van der Waals surface area contributed by atoms with Gasteiger partial charge in [0.2, 0.25) is 0 Å². The lowest BCUT2D eigenvalue weighted by Gasteiger charge is -2.11. The number of hydrogen-bond donors (Lipinski definition) is 0. The van der Waals surface area contributed by atoms with Crippen molar-refractivity contribution < 1.29 is 19.1 Å². The van der Waals surface area contributed by atoms with Crippen LogP contribution in [0.1, 0.15) is 16.7 Å². The third kappa shape index (κ3) is 4.41. The van der Waals surface area contributed by atoms with Gasteiger partial charge in [0.1, 0.15) is 5.71 Å². The van der Waals surface area contributed by atoms with Crippen LogP contribution in [0.3, 0.4) is 0 Å². The van der Waals surface area contributed by atoms with Crippen molar-refractivity contribution in [2.75, 3.05) is 13.7 Å². The maximum Gasteiger partial charge on any atom is 0.368 e. The molecule has 1 aliphatic rings. The van der Waals surface area contributed by atoms with Gasteiger partial charge in [0.05, 0.1) is 19.3 Å². The van der Waals surface area contributed by atoms with E-state index in [1.54, 1.807) is 13.2 Å². The van der Waals surface area contributed by atoms with Crippen LogP contribution in [0.4, 0.5) is 0 Å². The fraction of sp³-hybridized carbons (Fsp3) is 0.120. The minimum Gasteiger partial charge on any atom is -0.493 e. The van der Waals surface area contributed by atoms with E-state index in [1.807, 2.05) is 66.7 Å². The van der Waals surface area contributed by atoms with E-state index in [9.17, 15) is 4.79 Å².